The quantitative estimate of drug-likeness (QED) is 0.544. The van der Waals surface area contributed by atoms with Gasteiger partial charge in [-0.25, -0.2) is 9.59 Å². The Bertz CT molecular complexity index is 1250. The number of alkyl carbamates (subject to hydrolysis) is 1. The summed E-state index contributed by atoms with van der Waals surface area (Å²) >= 11 is 1.36. The van der Waals surface area contributed by atoms with Crippen LogP contribution in [-0.4, -0.2) is 62.0 Å². The van der Waals surface area contributed by atoms with Crippen LogP contribution in [-0.2, 0) is 21.4 Å². The number of hydrogen-bond acceptors (Lipinski definition) is 6. The van der Waals surface area contributed by atoms with Gasteiger partial charge in [-0.1, -0.05) is 48.5 Å². The number of aromatic nitrogens is 2. The van der Waals surface area contributed by atoms with Gasteiger partial charge in [0.05, 0.1) is 12.1 Å². The molecule has 2 atom stereocenters. The minimum Gasteiger partial charge on any atom is -0.480 e. The molecule has 0 bridgehead atoms. The van der Waals surface area contributed by atoms with Gasteiger partial charge in [0.25, 0.3) is 5.91 Å². The summed E-state index contributed by atoms with van der Waals surface area (Å²) in [7, 11) is 1.70. The van der Waals surface area contributed by atoms with Gasteiger partial charge < -0.3 is 20.1 Å². The molecule has 2 heterocycles. The van der Waals surface area contributed by atoms with E-state index in [1.54, 1.807) is 13.2 Å². The molecular weight excluding hydrogens is 468 g/mol. The van der Waals surface area contributed by atoms with Gasteiger partial charge >= 0.3 is 12.1 Å². The predicted octanol–water partition coefficient (Wildman–Crippen LogP) is 2.99. The van der Waals surface area contributed by atoms with Gasteiger partial charge in [0.2, 0.25) is 0 Å². The van der Waals surface area contributed by atoms with Crippen molar-refractivity contribution in [3.8, 4) is 11.1 Å². The number of rotatable bonds is 6. The number of fused-ring (bicyclic) bond motifs is 3. The van der Waals surface area contributed by atoms with Crippen molar-refractivity contribution in [1.29, 1.82) is 0 Å². The van der Waals surface area contributed by atoms with E-state index in [-0.39, 0.29) is 18.4 Å². The van der Waals surface area contributed by atoms with Crippen LogP contribution in [0.2, 0.25) is 0 Å². The minimum atomic E-state index is -1.11. The summed E-state index contributed by atoms with van der Waals surface area (Å²) in [5.74, 6) is -1.17. The molecule has 1 fully saturated rings. The van der Waals surface area contributed by atoms with Crippen molar-refractivity contribution in [2.24, 2.45) is 7.05 Å². The summed E-state index contributed by atoms with van der Waals surface area (Å²) in [6.07, 6.45) is 2.34. The van der Waals surface area contributed by atoms with E-state index in [1.165, 1.54) is 27.5 Å². The third-order valence-corrected chi connectivity index (χ3v) is 7.37. The number of hydrogen-bond donors (Lipinski definition) is 2. The average Bonchev–Trinajstić information content (AvgIpc) is 3.58. The topological polar surface area (TPSA) is 114 Å². The Morgan fingerprint density at radius 2 is 1.80 bits per heavy atom. The maximum Gasteiger partial charge on any atom is 0.408 e. The summed E-state index contributed by atoms with van der Waals surface area (Å²) in [5, 5.41) is 16.2. The largest absolute Gasteiger partial charge is 0.480 e. The van der Waals surface area contributed by atoms with Crippen LogP contribution in [0, 0.1) is 0 Å². The first-order chi connectivity index (χ1) is 16.9. The maximum atomic E-state index is 13.3. The highest BCUT2D eigenvalue weighted by Gasteiger charge is 2.39. The van der Waals surface area contributed by atoms with Crippen LogP contribution in [0.1, 0.15) is 28.7 Å². The molecule has 10 heteroatoms. The van der Waals surface area contributed by atoms with E-state index in [9.17, 15) is 19.5 Å². The molecule has 0 radical (unpaired) electrons. The fourth-order valence-corrected chi connectivity index (χ4v) is 5.82. The van der Waals surface area contributed by atoms with Gasteiger partial charge in [0, 0.05) is 30.5 Å². The molecule has 2 amide bonds. The first-order valence-corrected chi connectivity index (χ1v) is 12.3. The van der Waals surface area contributed by atoms with Gasteiger partial charge in [-0.2, -0.15) is 5.10 Å². The molecule has 2 N–H and O–H groups in total. The molecule has 1 aliphatic heterocycles. The number of nitrogens with one attached hydrogen (secondary N) is 1. The number of nitrogens with zero attached hydrogens (tertiary/aromatic N) is 3. The zero-order valence-electron chi connectivity index (χ0n) is 19.0. The third kappa shape index (κ3) is 4.37. The van der Waals surface area contributed by atoms with Crippen LogP contribution in [0.4, 0.5) is 4.79 Å². The van der Waals surface area contributed by atoms with E-state index in [0.717, 1.165) is 22.3 Å². The van der Waals surface area contributed by atoms with E-state index in [4.69, 9.17) is 4.74 Å². The first kappa shape index (κ1) is 23.0. The number of aliphatic carboxylic acids is 1. The highest BCUT2D eigenvalue weighted by atomic mass is 32.2. The second-order valence-corrected chi connectivity index (χ2v) is 9.51. The number of carbonyl (C=O) groups excluding carboxylic acids is 2. The Morgan fingerprint density at radius 1 is 1.14 bits per heavy atom. The molecule has 180 valence electrons. The highest BCUT2D eigenvalue weighted by Crippen LogP contribution is 2.44. The van der Waals surface area contributed by atoms with Gasteiger partial charge in [0.1, 0.15) is 18.7 Å². The third-order valence-electron chi connectivity index (χ3n) is 6.36. The summed E-state index contributed by atoms with van der Waals surface area (Å²) in [6.45, 7) is 0.102. The molecule has 35 heavy (non-hydrogen) atoms. The van der Waals surface area contributed by atoms with E-state index >= 15 is 0 Å². The summed E-state index contributed by atoms with van der Waals surface area (Å²) in [4.78, 5) is 39.1. The zero-order chi connectivity index (χ0) is 24.5. The van der Waals surface area contributed by atoms with Gasteiger partial charge in [-0.15, -0.1) is 11.8 Å². The number of amides is 2. The molecule has 1 aromatic heterocycles. The lowest BCUT2D eigenvalue weighted by atomic mass is 9.98. The molecule has 0 saturated carbocycles. The van der Waals surface area contributed by atoms with E-state index in [0.29, 0.717) is 11.3 Å². The SMILES string of the molecule is Cn1cc(C(NC(=O)OCC2c3ccccc3-c3ccccc32)C(=O)N2CSCC2C(=O)O)cn1. The van der Waals surface area contributed by atoms with Crippen LogP contribution in [0.25, 0.3) is 11.1 Å². The molecule has 9 nitrogen and oxygen atoms in total. The molecule has 3 aromatic rings. The smallest absolute Gasteiger partial charge is 0.408 e. The summed E-state index contributed by atoms with van der Waals surface area (Å²) in [6, 6.07) is 14.0. The average molecular weight is 493 g/mol. The number of carbonyl (C=O) groups is 3. The Labute approximate surface area is 206 Å². The lowest BCUT2D eigenvalue weighted by Gasteiger charge is -2.26. The lowest BCUT2D eigenvalue weighted by molar-refractivity contribution is -0.148. The number of thioether (sulfide) groups is 1. The zero-order valence-corrected chi connectivity index (χ0v) is 19.8. The van der Waals surface area contributed by atoms with Crippen LogP contribution in [0.5, 0.6) is 0 Å². The molecule has 1 aliphatic carbocycles. The summed E-state index contributed by atoms with van der Waals surface area (Å²) in [5.41, 5.74) is 4.85. The summed E-state index contributed by atoms with van der Waals surface area (Å²) < 4.78 is 7.13. The highest BCUT2D eigenvalue weighted by molar-refractivity contribution is 7.99. The Kier molecular flexibility index (Phi) is 6.21. The van der Waals surface area contributed by atoms with Crippen molar-refractivity contribution in [2.45, 2.75) is 18.0 Å². The Hall–Kier alpha value is -3.79. The maximum absolute atomic E-state index is 13.3. The second-order valence-electron chi connectivity index (χ2n) is 8.51. The van der Waals surface area contributed by atoms with E-state index in [2.05, 4.69) is 22.5 Å². The number of carboxylic acid groups (broad SMARTS) is 1. The second kappa shape index (κ2) is 9.46. The minimum absolute atomic E-state index is 0.102. The molecule has 2 aromatic carbocycles. The first-order valence-electron chi connectivity index (χ1n) is 11.1. The van der Waals surface area contributed by atoms with Gasteiger partial charge in [-0.3, -0.25) is 9.48 Å². The molecular formula is C25H24N4O5S. The van der Waals surface area contributed by atoms with Crippen molar-refractivity contribution < 1.29 is 24.2 Å². The van der Waals surface area contributed by atoms with Crippen molar-refractivity contribution in [2.75, 3.05) is 18.2 Å². The standard InChI is InChI=1S/C25H24N4O5S/c1-28-11-15(10-26-28)22(23(30)29-14-35-13-21(29)24(31)32)27-25(33)34-12-20-18-8-4-2-6-16(18)17-7-3-5-9-19(17)20/h2-11,20-22H,12-14H2,1H3,(H,27,33)(H,31,32). The van der Waals surface area contributed by atoms with Crippen LogP contribution in [0.3, 0.4) is 0 Å². The molecule has 1 saturated heterocycles. The van der Waals surface area contributed by atoms with Crippen LogP contribution < -0.4 is 5.32 Å². The Morgan fingerprint density at radius 3 is 2.40 bits per heavy atom. The van der Waals surface area contributed by atoms with Crippen molar-refractivity contribution in [3.63, 3.8) is 0 Å². The number of aryl methyl sites for hydroxylation is 1. The fourth-order valence-electron chi connectivity index (χ4n) is 4.67. The van der Waals surface area contributed by atoms with Gasteiger partial charge in [0.15, 0.2) is 0 Å². The number of carboxylic acids is 1. The lowest BCUT2D eigenvalue weighted by Crippen LogP contribution is -2.48. The molecule has 5 rings (SSSR count). The van der Waals surface area contributed by atoms with Crippen molar-refractivity contribution in [1.82, 2.24) is 20.0 Å². The number of ether oxygens (including phenoxy) is 1. The Balaban J connectivity index is 1.33. The van der Waals surface area contributed by atoms with E-state index < -0.39 is 30.1 Å². The normalized spacial score (nSPS) is 17.5. The van der Waals surface area contributed by atoms with Crippen LogP contribution in [0.15, 0.2) is 60.9 Å². The fraction of sp³-hybridized carbons (Fsp3) is 0.280. The van der Waals surface area contributed by atoms with Crippen molar-refractivity contribution in [3.05, 3.63) is 77.6 Å². The van der Waals surface area contributed by atoms with Crippen molar-refractivity contribution >= 4 is 29.7 Å². The van der Waals surface area contributed by atoms with Gasteiger partial charge in [-0.05, 0) is 22.3 Å². The monoisotopic (exact) mass is 492 g/mol. The molecule has 0 spiro atoms. The predicted molar refractivity (Wildman–Crippen MR) is 130 cm³/mol. The number of benzene rings is 2. The molecule has 2 aliphatic rings. The van der Waals surface area contributed by atoms with Crippen LogP contribution >= 0.6 is 11.8 Å². The molecule has 2 unspecified atom stereocenters. The van der Waals surface area contributed by atoms with E-state index in [1.807, 2.05) is 36.4 Å².